The second-order valence-corrected chi connectivity index (χ2v) is 7.86. The summed E-state index contributed by atoms with van der Waals surface area (Å²) in [5.41, 5.74) is 1.34. The van der Waals surface area contributed by atoms with Crippen LogP contribution in [0.15, 0.2) is 48.5 Å². The van der Waals surface area contributed by atoms with Crippen LogP contribution < -0.4 is 10.6 Å². The van der Waals surface area contributed by atoms with Crippen LogP contribution >= 0.6 is 23.2 Å². The van der Waals surface area contributed by atoms with Crippen LogP contribution in [0.1, 0.15) is 6.92 Å². The first-order valence-electron chi connectivity index (χ1n) is 9.49. The van der Waals surface area contributed by atoms with E-state index in [1.165, 1.54) is 0 Å². The third kappa shape index (κ3) is 6.18. The zero-order valence-corrected chi connectivity index (χ0v) is 17.7. The smallest absolute Gasteiger partial charge is 0.241 e. The number of benzene rings is 2. The van der Waals surface area contributed by atoms with Gasteiger partial charge in [-0.1, -0.05) is 35.3 Å². The van der Waals surface area contributed by atoms with Crippen molar-refractivity contribution in [2.45, 2.75) is 13.0 Å². The molecule has 1 aliphatic rings. The van der Waals surface area contributed by atoms with Gasteiger partial charge in [-0.3, -0.25) is 19.4 Å². The number of para-hydroxylation sites is 1. The van der Waals surface area contributed by atoms with E-state index in [2.05, 4.69) is 20.4 Å². The fourth-order valence-electron chi connectivity index (χ4n) is 3.21. The van der Waals surface area contributed by atoms with Crippen molar-refractivity contribution in [3.63, 3.8) is 0 Å². The van der Waals surface area contributed by atoms with Gasteiger partial charge in [-0.2, -0.15) is 0 Å². The van der Waals surface area contributed by atoms with Gasteiger partial charge < -0.3 is 10.6 Å². The molecule has 3 rings (SSSR count). The Labute approximate surface area is 180 Å². The maximum absolute atomic E-state index is 12.5. The van der Waals surface area contributed by atoms with Gasteiger partial charge in [0, 0.05) is 36.9 Å². The van der Waals surface area contributed by atoms with Gasteiger partial charge in [-0.25, -0.2) is 0 Å². The topological polar surface area (TPSA) is 64.7 Å². The van der Waals surface area contributed by atoms with E-state index in [9.17, 15) is 9.59 Å². The van der Waals surface area contributed by atoms with Gasteiger partial charge in [0.1, 0.15) is 0 Å². The summed E-state index contributed by atoms with van der Waals surface area (Å²) in [6, 6.07) is 14.0. The van der Waals surface area contributed by atoms with Crippen molar-refractivity contribution in [1.82, 2.24) is 9.80 Å². The lowest BCUT2D eigenvalue weighted by Gasteiger charge is -2.37. The third-order valence-electron chi connectivity index (χ3n) is 4.96. The number of piperazine rings is 1. The predicted octanol–water partition coefficient (Wildman–Crippen LogP) is 3.58. The van der Waals surface area contributed by atoms with Gasteiger partial charge in [0.15, 0.2) is 0 Å². The molecule has 2 amide bonds. The normalized spacial score (nSPS) is 16.2. The fourth-order valence-corrected chi connectivity index (χ4v) is 3.52. The monoisotopic (exact) mass is 434 g/mol. The molecular weight excluding hydrogens is 411 g/mol. The Morgan fingerprint density at radius 1 is 0.966 bits per heavy atom. The Morgan fingerprint density at radius 2 is 1.62 bits per heavy atom. The van der Waals surface area contributed by atoms with E-state index in [1.54, 1.807) is 36.4 Å². The minimum atomic E-state index is -0.259. The van der Waals surface area contributed by atoms with E-state index >= 15 is 0 Å². The average Bonchev–Trinajstić information content (AvgIpc) is 2.71. The SMILES string of the molecule is CC(C(=O)Nc1ccc(Cl)cc1)N1CCN(CC(=O)Nc2ccccc2Cl)CC1. The number of halogens is 2. The largest absolute Gasteiger partial charge is 0.325 e. The molecular formula is C21H24Cl2N4O2. The fraction of sp³-hybridized carbons (Fsp3) is 0.333. The second-order valence-electron chi connectivity index (χ2n) is 7.01. The Morgan fingerprint density at radius 3 is 2.28 bits per heavy atom. The molecule has 0 aliphatic carbocycles. The van der Waals surface area contributed by atoms with Crippen LogP contribution in [0.2, 0.25) is 10.0 Å². The van der Waals surface area contributed by atoms with E-state index in [1.807, 2.05) is 19.1 Å². The van der Waals surface area contributed by atoms with Gasteiger partial charge in [0.25, 0.3) is 0 Å². The average molecular weight is 435 g/mol. The highest BCUT2D eigenvalue weighted by Gasteiger charge is 2.26. The second kappa shape index (κ2) is 10.1. The van der Waals surface area contributed by atoms with Crippen LogP contribution in [0.25, 0.3) is 0 Å². The lowest BCUT2D eigenvalue weighted by atomic mass is 10.2. The number of anilines is 2. The molecule has 1 aliphatic heterocycles. The Bertz CT molecular complexity index is 852. The van der Waals surface area contributed by atoms with E-state index < -0.39 is 0 Å². The molecule has 1 unspecified atom stereocenters. The number of carbonyl (C=O) groups is 2. The molecule has 8 heteroatoms. The lowest BCUT2D eigenvalue weighted by molar-refractivity contribution is -0.122. The molecule has 1 saturated heterocycles. The zero-order valence-electron chi connectivity index (χ0n) is 16.2. The zero-order chi connectivity index (χ0) is 20.8. The molecule has 0 bridgehead atoms. The summed E-state index contributed by atoms with van der Waals surface area (Å²) < 4.78 is 0. The first-order chi connectivity index (χ1) is 13.9. The van der Waals surface area contributed by atoms with Gasteiger partial charge in [-0.15, -0.1) is 0 Å². The van der Waals surface area contributed by atoms with Crippen molar-refractivity contribution < 1.29 is 9.59 Å². The van der Waals surface area contributed by atoms with Crippen LogP contribution in [0.3, 0.4) is 0 Å². The van der Waals surface area contributed by atoms with Gasteiger partial charge in [0.05, 0.1) is 23.3 Å². The summed E-state index contributed by atoms with van der Waals surface area (Å²) in [5, 5.41) is 6.90. The van der Waals surface area contributed by atoms with Crippen LogP contribution in [-0.2, 0) is 9.59 Å². The summed E-state index contributed by atoms with van der Waals surface area (Å²) in [6.45, 7) is 5.06. The number of rotatable bonds is 6. The van der Waals surface area contributed by atoms with Crippen LogP contribution in [-0.4, -0.2) is 60.4 Å². The number of amides is 2. The quantitative estimate of drug-likeness (QED) is 0.728. The van der Waals surface area contributed by atoms with Crippen molar-refractivity contribution in [2.75, 3.05) is 43.4 Å². The number of nitrogens with zero attached hydrogens (tertiary/aromatic N) is 2. The van der Waals surface area contributed by atoms with Crippen LogP contribution in [0, 0.1) is 0 Å². The van der Waals surface area contributed by atoms with Crippen molar-refractivity contribution in [2.24, 2.45) is 0 Å². The molecule has 2 aromatic carbocycles. The van der Waals surface area contributed by atoms with Crippen molar-refractivity contribution in [1.29, 1.82) is 0 Å². The van der Waals surface area contributed by atoms with E-state index in [4.69, 9.17) is 23.2 Å². The molecule has 0 saturated carbocycles. The highest BCUT2D eigenvalue weighted by molar-refractivity contribution is 6.33. The Hall–Kier alpha value is -2.12. The maximum Gasteiger partial charge on any atom is 0.241 e. The molecule has 2 N–H and O–H groups in total. The Kier molecular flexibility index (Phi) is 7.50. The van der Waals surface area contributed by atoms with E-state index in [0.29, 0.717) is 48.5 Å². The molecule has 0 spiro atoms. The molecule has 1 heterocycles. The molecule has 6 nitrogen and oxygen atoms in total. The minimum absolute atomic E-state index is 0.0581. The molecule has 29 heavy (non-hydrogen) atoms. The summed E-state index contributed by atoms with van der Waals surface area (Å²) in [7, 11) is 0. The summed E-state index contributed by atoms with van der Waals surface area (Å²) >= 11 is 12.0. The van der Waals surface area contributed by atoms with Crippen molar-refractivity contribution in [3.05, 3.63) is 58.6 Å². The predicted molar refractivity (Wildman–Crippen MR) is 118 cm³/mol. The number of hydrogen-bond donors (Lipinski definition) is 2. The first-order valence-corrected chi connectivity index (χ1v) is 10.2. The van der Waals surface area contributed by atoms with Crippen molar-refractivity contribution in [3.8, 4) is 0 Å². The molecule has 0 radical (unpaired) electrons. The first kappa shape index (κ1) is 21.6. The molecule has 1 atom stereocenters. The minimum Gasteiger partial charge on any atom is -0.325 e. The summed E-state index contributed by atoms with van der Waals surface area (Å²) in [5.74, 6) is -0.155. The highest BCUT2D eigenvalue weighted by Crippen LogP contribution is 2.20. The van der Waals surface area contributed by atoms with Gasteiger partial charge in [0.2, 0.25) is 11.8 Å². The number of carbonyl (C=O) groups excluding carboxylic acids is 2. The van der Waals surface area contributed by atoms with Crippen LogP contribution in [0.5, 0.6) is 0 Å². The van der Waals surface area contributed by atoms with E-state index in [-0.39, 0.29) is 17.9 Å². The van der Waals surface area contributed by atoms with Crippen molar-refractivity contribution >= 4 is 46.4 Å². The molecule has 1 fully saturated rings. The highest BCUT2D eigenvalue weighted by atomic mass is 35.5. The van der Waals surface area contributed by atoms with Gasteiger partial charge >= 0.3 is 0 Å². The molecule has 2 aromatic rings. The number of nitrogens with one attached hydrogen (secondary N) is 2. The number of hydrogen-bond acceptors (Lipinski definition) is 4. The Balaban J connectivity index is 1.44. The molecule has 0 aromatic heterocycles. The van der Waals surface area contributed by atoms with Crippen LogP contribution in [0.4, 0.5) is 11.4 Å². The van der Waals surface area contributed by atoms with E-state index in [0.717, 1.165) is 5.69 Å². The summed E-state index contributed by atoms with van der Waals surface area (Å²) in [6.07, 6.45) is 0. The lowest BCUT2D eigenvalue weighted by Crippen LogP contribution is -2.53. The summed E-state index contributed by atoms with van der Waals surface area (Å²) in [4.78, 5) is 29.0. The maximum atomic E-state index is 12.5. The standard InChI is InChI=1S/C21H24Cl2N4O2/c1-15(21(29)24-17-8-6-16(22)7-9-17)27-12-10-26(11-13-27)14-20(28)25-19-5-3-2-4-18(19)23/h2-9,15H,10-14H2,1H3,(H,24,29)(H,25,28). The molecule has 154 valence electrons. The third-order valence-corrected chi connectivity index (χ3v) is 5.54. The van der Waals surface area contributed by atoms with Gasteiger partial charge in [-0.05, 0) is 43.3 Å².